The van der Waals surface area contributed by atoms with Crippen molar-refractivity contribution in [1.29, 1.82) is 0 Å². The van der Waals surface area contributed by atoms with Gasteiger partial charge in [0.25, 0.3) is 0 Å². The summed E-state index contributed by atoms with van der Waals surface area (Å²) >= 11 is 1.56. The molecule has 4 nitrogen and oxygen atoms in total. The third-order valence-electron chi connectivity index (χ3n) is 3.37. The average Bonchev–Trinajstić information content (AvgIpc) is 3.17. The van der Waals surface area contributed by atoms with Gasteiger partial charge < -0.3 is 9.64 Å². The molecular weight excluding hydrogens is 298 g/mol. The first-order chi connectivity index (χ1) is 10.7. The maximum absolute atomic E-state index is 11.7. The van der Waals surface area contributed by atoms with Crippen LogP contribution in [0.5, 0.6) is 5.75 Å². The lowest BCUT2D eigenvalue weighted by molar-refractivity contribution is -0.128. The van der Waals surface area contributed by atoms with E-state index >= 15 is 0 Å². The largest absolute Gasteiger partial charge is 0.423 e. The number of nitrogens with zero attached hydrogens (tertiary/aromatic N) is 1. The molecule has 2 heterocycles. The van der Waals surface area contributed by atoms with Gasteiger partial charge in [0.1, 0.15) is 5.75 Å². The molecule has 0 aliphatic carbocycles. The number of hydrogen-bond donors (Lipinski definition) is 0. The summed E-state index contributed by atoms with van der Waals surface area (Å²) in [6.07, 6.45) is 4.63. The molecule has 1 aliphatic rings. The Kier molecular flexibility index (Phi) is 4.34. The minimum absolute atomic E-state index is 0.142. The van der Waals surface area contributed by atoms with Crippen molar-refractivity contribution >= 4 is 35.0 Å². The van der Waals surface area contributed by atoms with Crippen LogP contribution in [-0.4, -0.2) is 18.4 Å². The minimum atomic E-state index is -0.418. The van der Waals surface area contributed by atoms with Crippen LogP contribution in [0.25, 0.3) is 6.08 Å². The molecule has 0 unspecified atom stereocenters. The molecule has 112 valence electrons. The van der Waals surface area contributed by atoms with Crippen molar-refractivity contribution in [3.05, 3.63) is 52.7 Å². The number of anilines is 1. The fourth-order valence-corrected chi connectivity index (χ4v) is 2.92. The average molecular weight is 313 g/mol. The van der Waals surface area contributed by atoms with Crippen molar-refractivity contribution in [1.82, 2.24) is 0 Å². The van der Waals surface area contributed by atoms with E-state index in [1.807, 2.05) is 17.5 Å². The molecule has 0 atom stereocenters. The Morgan fingerprint density at radius 1 is 1.23 bits per heavy atom. The van der Waals surface area contributed by atoms with E-state index in [0.717, 1.165) is 23.5 Å². The normalized spacial score (nSPS) is 14.7. The highest BCUT2D eigenvalue weighted by Crippen LogP contribution is 2.24. The van der Waals surface area contributed by atoms with Gasteiger partial charge in [-0.3, -0.25) is 4.79 Å². The lowest BCUT2D eigenvalue weighted by atomic mass is 10.3. The molecule has 0 bridgehead atoms. The Morgan fingerprint density at radius 2 is 2.05 bits per heavy atom. The van der Waals surface area contributed by atoms with Gasteiger partial charge >= 0.3 is 5.97 Å². The van der Waals surface area contributed by atoms with Crippen LogP contribution in [0.15, 0.2) is 47.9 Å². The van der Waals surface area contributed by atoms with Crippen LogP contribution >= 0.6 is 11.3 Å². The Hall–Kier alpha value is -2.40. The highest BCUT2D eigenvalue weighted by atomic mass is 32.1. The first kappa shape index (κ1) is 14.5. The molecule has 0 N–H and O–H groups in total. The number of ether oxygens (including phenoxy) is 1. The summed E-state index contributed by atoms with van der Waals surface area (Å²) in [4.78, 5) is 26.2. The number of hydrogen-bond acceptors (Lipinski definition) is 4. The second kappa shape index (κ2) is 6.58. The fraction of sp³-hybridized carbons (Fsp3) is 0.176. The van der Waals surface area contributed by atoms with Crippen LogP contribution in [-0.2, 0) is 9.59 Å². The number of carbonyl (C=O) groups excluding carboxylic acids is 2. The first-order valence-electron chi connectivity index (χ1n) is 7.06. The van der Waals surface area contributed by atoms with E-state index in [-0.39, 0.29) is 5.91 Å². The van der Waals surface area contributed by atoms with Crippen LogP contribution < -0.4 is 9.64 Å². The van der Waals surface area contributed by atoms with Crippen molar-refractivity contribution in [2.24, 2.45) is 0 Å². The van der Waals surface area contributed by atoms with E-state index in [2.05, 4.69) is 0 Å². The summed E-state index contributed by atoms with van der Waals surface area (Å²) < 4.78 is 5.23. The van der Waals surface area contributed by atoms with Crippen molar-refractivity contribution < 1.29 is 14.3 Å². The van der Waals surface area contributed by atoms with E-state index in [0.29, 0.717) is 12.2 Å². The van der Waals surface area contributed by atoms with Gasteiger partial charge in [0.15, 0.2) is 0 Å². The van der Waals surface area contributed by atoms with E-state index in [1.165, 1.54) is 6.08 Å². The molecule has 0 radical (unpaired) electrons. The maximum Gasteiger partial charge on any atom is 0.336 e. The van der Waals surface area contributed by atoms with Crippen LogP contribution in [0.3, 0.4) is 0 Å². The van der Waals surface area contributed by atoms with Crippen molar-refractivity contribution in [3.8, 4) is 5.75 Å². The number of carbonyl (C=O) groups is 2. The predicted octanol–water partition coefficient (Wildman–Crippen LogP) is 3.49. The minimum Gasteiger partial charge on any atom is -0.423 e. The summed E-state index contributed by atoms with van der Waals surface area (Å²) in [5.74, 6) is 0.193. The van der Waals surface area contributed by atoms with Gasteiger partial charge in [-0.15, -0.1) is 11.3 Å². The molecular formula is C17H15NO3S. The quantitative estimate of drug-likeness (QED) is 0.493. The molecule has 22 heavy (non-hydrogen) atoms. The number of esters is 1. The standard InChI is InChI=1S/C17H15NO3S/c19-16-4-1-11-18(16)13-5-7-14(8-6-13)21-17(20)10-9-15-3-2-12-22-15/h2-3,5-10,12H,1,4,11H2/b10-9+. The monoisotopic (exact) mass is 313 g/mol. The molecule has 1 aromatic heterocycles. The number of rotatable bonds is 4. The zero-order chi connectivity index (χ0) is 15.4. The van der Waals surface area contributed by atoms with Crippen LogP contribution in [0.4, 0.5) is 5.69 Å². The van der Waals surface area contributed by atoms with E-state index < -0.39 is 5.97 Å². The van der Waals surface area contributed by atoms with Gasteiger partial charge in [-0.25, -0.2) is 4.79 Å². The van der Waals surface area contributed by atoms with Crippen molar-refractivity contribution in [2.45, 2.75) is 12.8 Å². The van der Waals surface area contributed by atoms with Gasteiger partial charge in [-0.1, -0.05) is 6.07 Å². The lowest BCUT2D eigenvalue weighted by Crippen LogP contribution is -2.23. The Balaban J connectivity index is 1.61. The molecule has 1 aromatic carbocycles. The molecule has 1 amide bonds. The van der Waals surface area contributed by atoms with Gasteiger partial charge in [0, 0.05) is 29.6 Å². The summed E-state index contributed by atoms with van der Waals surface area (Å²) in [5, 5.41) is 1.95. The topological polar surface area (TPSA) is 46.6 Å². The molecule has 1 fully saturated rings. The Labute approximate surface area is 132 Å². The van der Waals surface area contributed by atoms with E-state index in [1.54, 1.807) is 46.6 Å². The Bertz CT molecular complexity index is 689. The van der Waals surface area contributed by atoms with Crippen LogP contribution in [0, 0.1) is 0 Å². The van der Waals surface area contributed by atoms with Crippen molar-refractivity contribution in [3.63, 3.8) is 0 Å². The van der Waals surface area contributed by atoms with Crippen LogP contribution in [0.1, 0.15) is 17.7 Å². The fourth-order valence-electron chi connectivity index (χ4n) is 2.30. The first-order valence-corrected chi connectivity index (χ1v) is 7.94. The third-order valence-corrected chi connectivity index (χ3v) is 4.20. The molecule has 2 aromatic rings. The summed E-state index contributed by atoms with van der Waals surface area (Å²) in [6, 6.07) is 10.9. The zero-order valence-corrected chi connectivity index (χ0v) is 12.7. The lowest BCUT2D eigenvalue weighted by Gasteiger charge is -2.15. The molecule has 0 spiro atoms. The SMILES string of the molecule is O=C(/C=C/c1cccs1)Oc1ccc(N2CCCC2=O)cc1. The molecule has 1 saturated heterocycles. The van der Waals surface area contributed by atoms with E-state index in [4.69, 9.17) is 4.74 Å². The summed E-state index contributed by atoms with van der Waals surface area (Å²) in [7, 11) is 0. The van der Waals surface area contributed by atoms with Gasteiger partial charge in [-0.05, 0) is 48.2 Å². The molecule has 3 rings (SSSR count). The number of benzene rings is 1. The van der Waals surface area contributed by atoms with Gasteiger partial charge in [0.05, 0.1) is 0 Å². The highest BCUT2D eigenvalue weighted by Gasteiger charge is 2.21. The Morgan fingerprint density at radius 3 is 2.68 bits per heavy atom. The van der Waals surface area contributed by atoms with Gasteiger partial charge in [-0.2, -0.15) is 0 Å². The van der Waals surface area contributed by atoms with Crippen molar-refractivity contribution in [2.75, 3.05) is 11.4 Å². The highest BCUT2D eigenvalue weighted by molar-refractivity contribution is 7.10. The molecule has 5 heteroatoms. The van der Waals surface area contributed by atoms with Crippen LogP contribution in [0.2, 0.25) is 0 Å². The predicted molar refractivity (Wildman–Crippen MR) is 87.0 cm³/mol. The smallest absolute Gasteiger partial charge is 0.336 e. The van der Waals surface area contributed by atoms with E-state index in [9.17, 15) is 9.59 Å². The van der Waals surface area contributed by atoms with Gasteiger partial charge in [0.2, 0.25) is 5.91 Å². The third kappa shape index (κ3) is 3.43. The maximum atomic E-state index is 11.7. The number of thiophene rings is 1. The number of amides is 1. The second-order valence-corrected chi connectivity index (χ2v) is 5.89. The zero-order valence-electron chi connectivity index (χ0n) is 11.9. The summed E-state index contributed by atoms with van der Waals surface area (Å²) in [5.41, 5.74) is 0.844. The molecule has 1 aliphatic heterocycles. The summed E-state index contributed by atoms with van der Waals surface area (Å²) in [6.45, 7) is 0.752. The second-order valence-electron chi connectivity index (χ2n) is 4.91. The molecule has 0 saturated carbocycles.